The van der Waals surface area contributed by atoms with Gasteiger partial charge >= 0.3 is 0 Å². The van der Waals surface area contributed by atoms with Gasteiger partial charge in [0.05, 0.1) is 10.5 Å². The van der Waals surface area contributed by atoms with Gasteiger partial charge in [-0.1, -0.05) is 18.6 Å². The number of sulfone groups is 1. The van der Waals surface area contributed by atoms with E-state index in [9.17, 15) is 13.5 Å². The first-order chi connectivity index (χ1) is 8.18. The second-order valence-electron chi connectivity index (χ2n) is 5.44. The zero-order valence-corrected chi connectivity index (χ0v) is 12.1. The molecule has 0 spiro atoms. The standard InChI is InChI=1S/C14H22O3S/c1-14(2,15)11-5-4-6-12-7-9-13(10-8-12)18(3,16)17/h7-10,15H,4-6,11H2,1-3H3. The van der Waals surface area contributed by atoms with Crippen molar-refractivity contribution in [1.29, 1.82) is 0 Å². The average Bonchev–Trinajstić information content (AvgIpc) is 2.22. The fourth-order valence-electron chi connectivity index (χ4n) is 1.79. The van der Waals surface area contributed by atoms with Gasteiger partial charge in [0.15, 0.2) is 9.84 Å². The maximum Gasteiger partial charge on any atom is 0.175 e. The van der Waals surface area contributed by atoms with E-state index >= 15 is 0 Å². The van der Waals surface area contributed by atoms with Crippen LogP contribution in [0.25, 0.3) is 0 Å². The molecule has 4 heteroatoms. The summed E-state index contributed by atoms with van der Waals surface area (Å²) in [4.78, 5) is 0.364. The fraction of sp³-hybridized carbons (Fsp3) is 0.571. The van der Waals surface area contributed by atoms with E-state index in [1.165, 1.54) is 6.26 Å². The van der Waals surface area contributed by atoms with Crippen molar-refractivity contribution in [2.75, 3.05) is 6.26 Å². The molecule has 0 fully saturated rings. The van der Waals surface area contributed by atoms with Crippen molar-refractivity contribution >= 4 is 9.84 Å². The van der Waals surface area contributed by atoms with Crippen LogP contribution in [-0.4, -0.2) is 25.4 Å². The third-order valence-electron chi connectivity index (χ3n) is 2.86. The number of unbranched alkanes of at least 4 members (excludes halogenated alkanes) is 1. The minimum absolute atomic E-state index is 0.364. The number of benzene rings is 1. The molecular weight excluding hydrogens is 248 g/mol. The molecule has 0 radical (unpaired) electrons. The number of rotatable bonds is 6. The maximum atomic E-state index is 11.3. The molecule has 1 rings (SSSR count). The highest BCUT2D eigenvalue weighted by Crippen LogP contribution is 2.15. The van der Waals surface area contributed by atoms with Gasteiger partial charge in [0, 0.05) is 6.26 Å². The van der Waals surface area contributed by atoms with Gasteiger partial charge in [0.25, 0.3) is 0 Å². The SMILES string of the molecule is CC(C)(O)CCCCc1ccc(S(C)(=O)=O)cc1. The quantitative estimate of drug-likeness (QED) is 0.808. The Labute approximate surface area is 110 Å². The van der Waals surface area contributed by atoms with Crippen molar-refractivity contribution in [3.05, 3.63) is 29.8 Å². The monoisotopic (exact) mass is 270 g/mol. The predicted octanol–water partition coefficient (Wildman–Crippen LogP) is 2.57. The van der Waals surface area contributed by atoms with Crippen LogP contribution < -0.4 is 0 Å². The third kappa shape index (κ3) is 5.65. The Balaban J connectivity index is 2.45. The summed E-state index contributed by atoms with van der Waals surface area (Å²) in [5.41, 5.74) is 0.540. The zero-order chi connectivity index (χ0) is 13.8. The summed E-state index contributed by atoms with van der Waals surface area (Å²) < 4.78 is 22.6. The molecule has 0 saturated heterocycles. The third-order valence-corrected chi connectivity index (χ3v) is 3.98. The van der Waals surface area contributed by atoms with Crippen LogP contribution in [0.5, 0.6) is 0 Å². The number of hydrogen-bond donors (Lipinski definition) is 1. The van der Waals surface area contributed by atoms with E-state index in [4.69, 9.17) is 0 Å². The molecule has 102 valence electrons. The largest absolute Gasteiger partial charge is 0.390 e. The van der Waals surface area contributed by atoms with Gasteiger partial charge in [-0.05, 0) is 50.8 Å². The summed E-state index contributed by atoms with van der Waals surface area (Å²) in [6.45, 7) is 3.63. The van der Waals surface area contributed by atoms with Crippen LogP contribution in [-0.2, 0) is 16.3 Å². The highest BCUT2D eigenvalue weighted by molar-refractivity contribution is 7.90. The van der Waals surface area contributed by atoms with E-state index in [1.807, 2.05) is 26.0 Å². The molecule has 0 aromatic heterocycles. The normalized spacial score (nSPS) is 12.7. The van der Waals surface area contributed by atoms with Crippen LogP contribution in [0.4, 0.5) is 0 Å². The summed E-state index contributed by atoms with van der Waals surface area (Å²) >= 11 is 0. The summed E-state index contributed by atoms with van der Waals surface area (Å²) in [7, 11) is -3.10. The van der Waals surface area contributed by atoms with Crippen LogP contribution in [0.2, 0.25) is 0 Å². The lowest BCUT2D eigenvalue weighted by molar-refractivity contribution is 0.0682. The van der Waals surface area contributed by atoms with Crippen LogP contribution in [0, 0.1) is 0 Å². The molecule has 1 aromatic carbocycles. The zero-order valence-electron chi connectivity index (χ0n) is 11.3. The molecule has 0 atom stereocenters. The Morgan fingerprint density at radius 1 is 1.11 bits per heavy atom. The van der Waals surface area contributed by atoms with Crippen LogP contribution in [0.1, 0.15) is 38.7 Å². The van der Waals surface area contributed by atoms with Gasteiger partial charge < -0.3 is 5.11 Å². The van der Waals surface area contributed by atoms with Crippen LogP contribution in [0.3, 0.4) is 0 Å². The lowest BCUT2D eigenvalue weighted by Gasteiger charge is -2.16. The minimum Gasteiger partial charge on any atom is -0.390 e. The maximum absolute atomic E-state index is 11.3. The lowest BCUT2D eigenvalue weighted by atomic mass is 9.99. The van der Waals surface area contributed by atoms with E-state index in [1.54, 1.807) is 12.1 Å². The molecule has 0 aliphatic rings. The van der Waals surface area contributed by atoms with Crippen molar-refractivity contribution < 1.29 is 13.5 Å². The molecular formula is C14H22O3S. The lowest BCUT2D eigenvalue weighted by Crippen LogP contribution is -2.17. The summed E-state index contributed by atoms with van der Waals surface area (Å²) in [5, 5.41) is 9.57. The Hall–Kier alpha value is -0.870. The molecule has 0 saturated carbocycles. The molecule has 0 aliphatic heterocycles. The summed E-state index contributed by atoms with van der Waals surface area (Å²) in [6, 6.07) is 7.03. The first kappa shape index (κ1) is 15.2. The number of aliphatic hydroxyl groups is 1. The molecule has 3 nitrogen and oxygen atoms in total. The van der Waals surface area contributed by atoms with Gasteiger partial charge in [0.2, 0.25) is 0 Å². The summed E-state index contributed by atoms with van der Waals surface area (Å²) in [6.07, 6.45) is 4.89. The van der Waals surface area contributed by atoms with Crippen molar-refractivity contribution in [2.24, 2.45) is 0 Å². The van der Waals surface area contributed by atoms with Gasteiger partial charge in [-0.3, -0.25) is 0 Å². The molecule has 0 amide bonds. The fourth-order valence-corrected chi connectivity index (χ4v) is 2.42. The molecule has 1 N–H and O–H groups in total. The number of aryl methyl sites for hydroxylation is 1. The second kappa shape index (κ2) is 5.85. The van der Waals surface area contributed by atoms with Gasteiger partial charge in [-0.15, -0.1) is 0 Å². The smallest absolute Gasteiger partial charge is 0.175 e. The van der Waals surface area contributed by atoms with Crippen molar-refractivity contribution in [3.63, 3.8) is 0 Å². The Kier molecular flexibility index (Phi) is 4.93. The van der Waals surface area contributed by atoms with Gasteiger partial charge in [-0.2, -0.15) is 0 Å². The predicted molar refractivity (Wildman–Crippen MR) is 73.4 cm³/mol. The summed E-state index contributed by atoms with van der Waals surface area (Å²) in [5.74, 6) is 0. The van der Waals surface area contributed by atoms with Gasteiger partial charge in [-0.25, -0.2) is 8.42 Å². The van der Waals surface area contributed by atoms with E-state index in [-0.39, 0.29) is 0 Å². The van der Waals surface area contributed by atoms with Gasteiger partial charge in [0.1, 0.15) is 0 Å². The van der Waals surface area contributed by atoms with E-state index in [0.717, 1.165) is 31.2 Å². The van der Waals surface area contributed by atoms with E-state index in [2.05, 4.69) is 0 Å². The first-order valence-corrected chi connectivity index (χ1v) is 8.09. The molecule has 0 bridgehead atoms. The van der Waals surface area contributed by atoms with Crippen LogP contribution in [0.15, 0.2) is 29.2 Å². The first-order valence-electron chi connectivity index (χ1n) is 6.20. The second-order valence-corrected chi connectivity index (χ2v) is 7.45. The highest BCUT2D eigenvalue weighted by atomic mass is 32.2. The average molecular weight is 270 g/mol. The number of hydrogen-bond acceptors (Lipinski definition) is 3. The van der Waals surface area contributed by atoms with E-state index in [0.29, 0.717) is 4.90 Å². The van der Waals surface area contributed by atoms with Crippen LogP contribution >= 0.6 is 0 Å². The van der Waals surface area contributed by atoms with Crippen molar-refractivity contribution in [2.45, 2.75) is 50.0 Å². The van der Waals surface area contributed by atoms with Crippen molar-refractivity contribution in [3.8, 4) is 0 Å². The molecule has 0 unspecified atom stereocenters. The van der Waals surface area contributed by atoms with E-state index < -0.39 is 15.4 Å². The molecule has 1 aromatic rings. The minimum atomic E-state index is -3.10. The Bertz CT molecular complexity index is 467. The molecule has 18 heavy (non-hydrogen) atoms. The Morgan fingerprint density at radius 3 is 2.11 bits per heavy atom. The Morgan fingerprint density at radius 2 is 1.67 bits per heavy atom. The highest BCUT2D eigenvalue weighted by Gasteiger charge is 2.11. The molecule has 0 aliphatic carbocycles. The van der Waals surface area contributed by atoms with Crippen molar-refractivity contribution in [1.82, 2.24) is 0 Å². The molecule has 0 heterocycles. The topological polar surface area (TPSA) is 54.4 Å².